The first-order valence-corrected chi connectivity index (χ1v) is 9.94. The molecule has 0 aliphatic rings. The highest BCUT2D eigenvalue weighted by molar-refractivity contribution is 5.96. The van der Waals surface area contributed by atoms with E-state index in [0.29, 0.717) is 12.3 Å². The van der Waals surface area contributed by atoms with Crippen LogP contribution in [0.1, 0.15) is 21.7 Å². The third kappa shape index (κ3) is 6.52. The fourth-order valence-corrected chi connectivity index (χ4v) is 3.15. The number of rotatable bonds is 10. The van der Waals surface area contributed by atoms with Crippen LogP contribution in [0, 0.1) is 5.82 Å². The van der Waals surface area contributed by atoms with Crippen LogP contribution in [0.15, 0.2) is 77.4 Å². The van der Waals surface area contributed by atoms with Crippen molar-refractivity contribution in [2.24, 2.45) is 0 Å². The van der Waals surface area contributed by atoms with Crippen LogP contribution in [0.25, 0.3) is 0 Å². The Labute approximate surface area is 180 Å². The molecule has 0 spiro atoms. The van der Waals surface area contributed by atoms with Gasteiger partial charge in [0.15, 0.2) is 0 Å². The van der Waals surface area contributed by atoms with E-state index in [2.05, 4.69) is 0 Å². The van der Waals surface area contributed by atoms with Gasteiger partial charge in [-0.25, -0.2) is 4.39 Å². The van der Waals surface area contributed by atoms with E-state index in [1.807, 2.05) is 30.3 Å². The van der Waals surface area contributed by atoms with E-state index in [1.165, 1.54) is 30.2 Å². The summed E-state index contributed by atoms with van der Waals surface area (Å²) in [7, 11) is 1.52. The number of carbonyl (C=O) groups is 2. The molecule has 0 fully saturated rings. The van der Waals surface area contributed by atoms with Crippen molar-refractivity contribution < 1.29 is 23.1 Å². The Morgan fingerprint density at radius 1 is 0.968 bits per heavy atom. The lowest BCUT2D eigenvalue weighted by molar-refractivity contribution is -0.133. The number of hydrogen-bond acceptors (Lipinski definition) is 4. The highest BCUT2D eigenvalue weighted by Crippen LogP contribution is 2.13. The third-order valence-corrected chi connectivity index (χ3v) is 4.75. The normalized spacial score (nSPS) is 10.6. The quantitative estimate of drug-likeness (QED) is 0.498. The lowest BCUT2D eigenvalue weighted by atomic mass is 10.2. The Bertz CT molecular complexity index is 976. The Hall–Kier alpha value is -3.45. The molecule has 7 heteroatoms. The van der Waals surface area contributed by atoms with Crippen LogP contribution in [-0.2, 0) is 22.6 Å². The number of carbonyl (C=O) groups excluding carboxylic acids is 2. The van der Waals surface area contributed by atoms with Gasteiger partial charge < -0.3 is 19.0 Å². The van der Waals surface area contributed by atoms with Gasteiger partial charge in [-0.2, -0.15) is 0 Å². The summed E-state index contributed by atoms with van der Waals surface area (Å²) < 4.78 is 24.1. The van der Waals surface area contributed by atoms with Crippen LogP contribution >= 0.6 is 0 Å². The number of benzene rings is 2. The maximum Gasteiger partial charge on any atom is 0.254 e. The van der Waals surface area contributed by atoms with E-state index >= 15 is 0 Å². The molecule has 0 saturated heterocycles. The fraction of sp³-hybridized carbons (Fsp3) is 0.250. The van der Waals surface area contributed by atoms with Crippen LogP contribution < -0.4 is 0 Å². The van der Waals surface area contributed by atoms with Crippen molar-refractivity contribution in [2.45, 2.75) is 13.1 Å². The zero-order valence-corrected chi connectivity index (χ0v) is 17.4. The van der Waals surface area contributed by atoms with Crippen LogP contribution in [0.3, 0.4) is 0 Å². The summed E-state index contributed by atoms with van der Waals surface area (Å²) >= 11 is 0. The van der Waals surface area contributed by atoms with Crippen LogP contribution in [0.4, 0.5) is 4.39 Å². The summed E-state index contributed by atoms with van der Waals surface area (Å²) in [5.74, 6) is -0.541. The summed E-state index contributed by atoms with van der Waals surface area (Å²) in [6.07, 6.45) is 1.55. The molecule has 1 aromatic heterocycles. The standard InChI is InChI=1S/C24H25FN2O4/c1-30-14-12-26(24(29)20-9-5-10-21(25)15-20)18-23(28)27(17-22-11-6-13-31-22)16-19-7-3-2-4-8-19/h2-11,13,15H,12,14,16-18H2,1H3. The Morgan fingerprint density at radius 3 is 2.45 bits per heavy atom. The minimum absolute atomic E-state index is 0.160. The van der Waals surface area contributed by atoms with Crippen LogP contribution in [-0.4, -0.2) is 48.4 Å². The van der Waals surface area contributed by atoms with Gasteiger partial charge in [0.05, 0.1) is 19.4 Å². The molecule has 162 valence electrons. The molecule has 0 unspecified atom stereocenters. The summed E-state index contributed by atoms with van der Waals surface area (Å²) in [6, 6.07) is 18.6. The fourth-order valence-electron chi connectivity index (χ4n) is 3.15. The first-order chi connectivity index (χ1) is 15.1. The second-order valence-electron chi connectivity index (χ2n) is 7.04. The summed E-state index contributed by atoms with van der Waals surface area (Å²) in [4.78, 5) is 29.2. The number of ether oxygens (including phenoxy) is 1. The predicted molar refractivity (Wildman–Crippen MR) is 114 cm³/mol. The average molecular weight is 424 g/mol. The van der Waals surface area contributed by atoms with Crippen LogP contribution in [0.5, 0.6) is 0 Å². The van der Waals surface area contributed by atoms with E-state index in [-0.39, 0.29) is 37.7 Å². The highest BCUT2D eigenvalue weighted by atomic mass is 19.1. The number of furan rings is 1. The molecule has 0 aliphatic heterocycles. The van der Waals surface area contributed by atoms with E-state index in [0.717, 1.165) is 11.6 Å². The largest absolute Gasteiger partial charge is 0.467 e. The summed E-state index contributed by atoms with van der Waals surface area (Å²) in [5.41, 5.74) is 1.15. The van der Waals surface area contributed by atoms with Gasteiger partial charge in [0.2, 0.25) is 5.91 Å². The van der Waals surface area contributed by atoms with Gasteiger partial charge in [0.25, 0.3) is 5.91 Å². The predicted octanol–water partition coefficient (Wildman–Crippen LogP) is 3.74. The zero-order valence-electron chi connectivity index (χ0n) is 17.4. The van der Waals surface area contributed by atoms with Gasteiger partial charge in [-0.05, 0) is 35.9 Å². The van der Waals surface area contributed by atoms with Crippen molar-refractivity contribution in [3.05, 3.63) is 95.7 Å². The van der Waals surface area contributed by atoms with Gasteiger partial charge in [-0.3, -0.25) is 9.59 Å². The van der Waals surface area contributed by atoms with Crippen molar-refractivity contribution in [3.63, 3.8) is 0 Å². The van der Waals surface area contributed by atoms with Gasteiger partial charge in [0, 0.05) is 25.8 Å². The third-order valence-electron chi connectivity index (χ3n) is 4.75. The van der Waals surface area contributed by atoms with E-state index in [9.17, 15) is 14.0 Å². The van der Waals surface area contributed by atoms with Gasteiger partial charge in [-0.1, -0.05) is 36.4 Å². The monoisotopic (exact) mass is 424 g/mol. The minimum atomic E-state index is -0.507. The average Bonchev–Trinajstić information content (AvgIpc) is 3.29. The smallest absolute Gasteiger partial charge is 0.254 e. The van der Waals surface area contributed by atoms with Crippen molar-refractivity contribution >= 4 is 11.8 Å². The lowest BCUT2D eigenvalue weighted by Crippen LogP contribution is -2.43. The molecule has 1 heterocycles. The number of amides is 2. The Kier molecular flexibility index (Phi) is 7.95. The molecule has 0 atom stereocenters. The molecule has 0 N–H and O–H groups in total. The second-order valence-corrected chi connectivity index (χ2v) is 7.04. The van der Waals surface area contributed by atoms with Crippen molar-refractivity contribution in [3.8, 4) is 0 Å². The van der Waals surface area contributed by atoms with E-state index < -0.39 is 11.7 Å². The molecule has 3 aromatic rings. The van der Waals surface area contributed by atoms with Gasteiger partial charge >= 0.3 is 0 Å². The molecular formula is C24H25FN2O4. The topological polar surface area (TPSA) is 63.0 Å². The maximum absolute atomic E-state index is 13.6. The van der Waals surface area contributed by atoms with Gasteiger partial charge in [0.1, 0.15) is 18.1 Å². The Morgan fingerprint density at radius 2 is 1.77 bits per heavy atom. The number of hydrogen-bond donors (Lipinski definition) is 0. The Balaban J connectivity index is 1.78. The number of methoxy groups -OCH3 is 1. The highest BCUT2D eigenvalue weighted by Gasteiger charge is 2.23. The zero-order chi connectivity index (χ0) is 22.1. The lowest BCUT2D eigenvalue weighted by Gasteiger charge is -2.27. The van der Waals surface area contributed by atoms with Crippen molar-refractivity contribution in [1.29, 1.82) is 0 Å². The summed E-state index contributed by atoms with van der Waals surface area (Å²) in [5, 5.41) is 0. The van der Waals surface area contributed by atoms with Crippen LogP contribution in [0.2, 0.25) is 0 Å². The van der Waals surface area contributed by atoms with Gasteiger partial charge in [-0.15, -0.1) is 0 Å². The first kappa shape index (κ1) is 22.2. The maximum atomic E-state index is 13.6. The number of nitrogens with zero attached hydrogens (tertiary/aromatic N) is 2. The molecule has 0 saturated carbocycles. The molecule has 31 heavy (non-hydrogen) atoms. The second kappa shape index (κ2) is 11.1. The van der Waals surface area contributed by atoms with E-state index in [1.54, 1.807) is 23.3 Å². The molecule has 0 bridgehead atoms. The molecule has 0 radical (unpaired) electrons. The van der Waals surface area contributed by atoms with Crippen molar-refractivity contribution in [1.82, 2.24) is 9.80 Å². The molecule has 6 nitrogen and oxygen atoms in total. The minimum Gasteiger partial charge on any atom is -0.467 e. The SMILES string of the molecule is COCCN(CC(=O)N(Cc1ccccc1)Cc1ccco1)C(=O)c1cccc(F)c1. The summed E-state index contributed by atoms with van der Waals surface area (Å²) in [6.45, 7) is 0.939. The number of halogens is 1. The van der Waals surface area contributed by atoms with Crippen molar-refractivity contribution in [2.75, 3.05) is 26.8 Å². The molecular weight excluding hydrogens is 399 g/mol. The first-order valence-electron chi connectivity index (χ1n) is 9.94. The van der Waals surface area contributed by atoms with E-state index in [4.69, 9.17) is 9.15 Å². The molecule has 2 aromatic carbocycles. The molecule has 2 amide bonds. The molecule has 3 rings (SSSR count). The molecule has 0 aliphatic carbocycles.